The SMILES string of the molecule is c1ccn2nc(N3CCC(C4CCCN4)CC3)nc2c1. The van der Waals surface area contributed by atoms with Gasteiger partial charge in [-0.25, -0.2) is 4.52 Å². The lowest BCUT2D eigenvalue weighted by Crippen LogP contribution is -2.41. The third-order valence-corrected chi connectivity index (χ3v) is 4.72. The van der Waals surface area contributed by atoms with Crippen LogP contribution in [0.3, 0.4) is 0 Å². The van der Waals surface area contributed by atoms with Crippen molar-refractivity contribution in [2.24, 2.45) is 5.92 Å². The molecule has 2 aliphatic heterocycles. The van der Waals surface area contributed by atoms with Crippen molar-refractivity contribution < 1.29 is 0 Å². The molecule has 4 rings (SSSR count). The summed E-state index contributed by atoms with van der Waals surface area (Å²) in [6.07, 6.45) is 7.18. The summed E-state index contributed by atoms with van der Waals surface area (Å²) in [4.78, 5) is 6.95. The number of rotatable bonds is 2. The fourth-order valence-electron chi connectivity index (χ4n) is 3.57. The lowest BCUT2D eigenvalue weighted by atomic mass is 9.89. The molecule has 4 heterocycles. The van der Waals surface area contributed by atoms with Crippen molar-refractivity contribution >= 4 is 11.6 Å². The summed E-state index contributed by atoms with van der Waals surface area (Å²) in [5.74, 6) is 1.72. The minimum absolute atomic E-state index is 0.756. The van der Waals surface area contributed by atoms with E-state index in [0.29, 0.717) is 0 Å². The molecule has 5 nitrogen and oxygen atoms in total. The van der Waals surface area contributed by atoms with E-state index in [9.17, 15) is 0 Å². The molecule has 1 atom stereocenters. The molecule has 1 N–H and O–H groups in total. The average Bonchev–Trinajstić information content (AvgIpc) is 3.17. The number of fused-ring (bicyclic) bond motifs is 1. The highest BCUT2D eigenvalue weighted by molar-refractivity contribution is 5.44. The van der Waals surface area contributed by atoms with E-state index in [2.05, 4.69) is 20.3 Å². The van der Waals surface area contributed by atoms with Gasteiger partial charge in [-0.2, -0.15) is 4.98 Å². The highest BCUT2D eigenvalue weighted by Crippen LogP contribution is 2.27. The van der Waals surface area contributed by atoms with Gasteiger partial charge in [-0.1, -0.05) is 6.07 Å². The molecule has 1 unspecified atom stereocenters. The second-order valence-corrected chi connectivity index (χ2v) is 5.94. The van der Waals surface area contributed by atoms with Gasteiger partial charge in [0, 0.05) is 25.3 Å². The predicted octanol–water partition coefficient (Wildman–Crippen LogP) is 1.70. The second-order valence-electron chi connectivity index (χ2n) is 5.94. The third kappa shape index (κ3) is 2.16. The topological polar surface area (TPSA) is 45.5 Å². The van der Waals surface area contributed by atoms with Gasteiger partial charge in [-0.05, 0) is 50.3 Å². The van der Waals surface area contributed by atoms with Crippen LogP contribution in [0.15, 0.2) is 24.4 Å². The van der Waals surface area contributed by atoms with Gasteiger partial charge in [-0.3, -0.25) is 0 Å². The van der Waals surface area contributed by atoms with Crippen molar-refractivity contribution in [1.29, 1.82) is 0 Å². The molecular weight excluding hydrogens is 250 g/mol. The van der Waals surface area contributed by atoms with E-state index in [1.165, 1.54) is 32.2 Å². The molecule has 5 heteroatoms. The highest BCUT2D eigenvalue weighted by Gasteiger charge is 2.29. The zero-order valence-electron chi connectivity index (χ0n) is 11.7. The molecule has 0 aliphatic carbocycles. The number of hydrogen-bond donors (Lipinski definition) is 1. The number of aromatic nitrogens is 3. The maximum absolute atomic E-state index is 4.62. The van der Waals surface area contributed by atoms with E-state index in [1.807, 2.05) is 28.9 Å². The predicted molar refractivity (Wildman–Crippen MR) is 78.9 cm³/mol. The molecule has 0 saturated carbocycles. The van der Waals surface area contributed by atoms with Gasteiger partial charge in [-0.15, -0.1) is 5.10 Å². The molecular formula is C15H21N5. The van der Waals surface area contributed by atoms with Crippen LogP contribution in [-0.2, 0) is 0 Å². The molecule has 20 heavy (non-hydrogen) atoms. The van der Waals surface area contributed by atoms with E-state index in [0.717, 1.165) is 36.6 Å². The molecule has 2 aliphatic rings. The van der Waals surface area contributed by atoms with Crippen molar-refractivity contribution in [3.8, 4) is 0 Å². The lowest BCUT2D eigenvalue weighted by Gasteiger charge is -2.34. The van der Waals surface area contributed by atoms with Crippen LogP contribution >= 0.6 is 0 Å². The minimum Gasteiger partial charge on any atom is -0.339 e. The second kappa shape index (κ2) is 5.05. The minimum atomic E-state index is 0.756. The van der Waals surface area contributed by atoms with Crippen LogP contribution in [0.25, 0.3) is 5.65 Å². The number of piperidine rings is 1. The van der Waals surface area contributed by atoms with Gasteiger partial charge in [0.25, 0.3) is 0 Å². The van der Waals surface area contributed by atoms with Gasteiger partial charge < -0.3 is 10.2 Å². The monoisotopic (exact) mass is 271 g/mol. The normalized spacial score (nSPS) is 24.6. The average molecular weight is 271 g/mol. The summed E-state index contributed by atoms with van der Waals surface area (Å²) in [7, 11) is 0. The zero-order valence-corrected chi connectivity index (χ0v) is 11.7. The van der Waals surface area contributed by atoms with Gasteiger partial charge >= 0.3 is 0 Å². The van der Waals surface area contributed by atoms with Crippen LogP contribution in [0, 0.1) is 5.92 Å². The summed E-state index contributed by atoms with van der Waals surface area (Å²) in [5.41, 5.74) is 0.932. The molecule has 0 spiro atoms. The maximum Gasteiger partial charge on any atom is 0.245 e. The first kappa shape index (κ1) is 12.1. The van der Waals surface area contributed by atoms with Gasteiger partial charge in [0.1, 0.15) is 0 Å². The Hall–Kier alpha value is -1.62. The molecule has 2 fully saturated rings. The molecule has 0 bridgehead atoms. The van der Waals surface area contributed by atoms with Crippen molar-refractivity contribution in [2.45, 2.75) is 31.7 Å². The Kier molecular flexibility index (Phi) is 3.07. The van der Waals surface area contributed by atoms with Gasteiger partial charge in [0.05, 0.1) is 0 Å². The molecule has 106 valence electrons. The number of anilines is 1. The lowest BCUT2D eigenvalue weighted by molar-refractivity contribution is 0.317. The summed E-state index contributed by atoms with van der Waals surface area (Å²) < 4.78 is 1.86. The van der Waals surface area contributed by atoms with E-state index in [-0.39, 0.29) is 0 Å². The van der Waals surface area contributed by atoms with E-state index in [1.54, 1.807) is 0 Å². The molecule has 0 aromatic carbocycles. The van der Waals surface area contributed by atoms with Crippen molar-refractivity contribution in [2.75, 3.05) is 24.5 Å². The summed E-state index contributed by atoms with van der Waals surface area (Å²) in [6.45, 7) is 3.37. The number of pyridine rings is 1. The largest absolute Gasteiger partial charge is 0.339 e. The van der Waals surface area contributed by atoms with Crippen LogP contribution in [0.2, 0.25) is 0 Å². The number of hydrogen-bond acceptors (Lipinski definition) is 4. The first-order chi connectivity index (χ1) is 9.90. The van der Waals surface area contributed by atoms with Crippen LogP contribution in [-0.4, -0.2) is 40.3 Å². The first-order valence-corrected chi connectivity index (χ1v) is 7.70. The Labute approximate surface area is 119 Å². The van der Waals surface area contributed by atoms with Crippen LogP contribution in [0.1, 0.15) is 25.7 Å². The Morgan fingerprint density at radius 1 is 1.15 bits per heavy atom. The third-order valence-electron chi connectivity index (χ3n) is 4.72. The smallest absolute Gasteiger partial charge is 0.245 e. The summed E-state index contributed by atoms with van der Waals surface area (Å²) in [5, 5.41) is 8.22. The Bertz CT molecular complexity index is 546. The first-order valence-electron chi connectivity index (χ1n) is 7.70. The summed E-state index contributed by atoms with van der Waals surface area (Å²) >= 11 is 0. The Morgan fingerprint density at radius 2 is 2.05 bits per heavy atom. The van der Waals surface area contributed by atoms with Crippen LogP contribution < -0.4 is 10.2 Å². The van der Waals surface area contributed by atoms with Crippen molar-refractivity contribution in [1.82, 2.24) is 19.9 Å². The fraction of sp³-hybridized carbons (Fsp3) is 0.600. The van der Waals surface area contributed by atoms with E-state index < -0.39 is 0 Å². The van der Waals surface area contributed by atoms with Crippen LogP contribution in [0.4, 0.5) is 5.95 Å². The fourth-order valence-corrected chi connectivity index (χ4v) is 3.57. The molecule has 2 aromatic rings. The highest BCUT2D eigenvalue weighted by atomic mass is 15.4. The van der Waals surface area contributed by atoms with E-state index >= 15 is 0 Å². The zero-order chi connectivity index (χ0) is 13.4. The molecule has 0 amide bonds. The number of nitrogens with one attached hydrogen (secondary N) is 1. The molecule has 2 aromatic heterocycles. The quantitative estimate of drug-likeness (QED) is 0.903. The van der Waals surface area contributed by atoms with E-state index in [4.69, 9.17) is 0 Å². The van der Waals surface area contributed by atoms with Gasteiger partial charge in [0.15, 0.2) is 5.65 Å². The Balaban J connectivity index is 1.45. The van der Waals surface area contributed by atoms with Gasteiger partial charge in [0.2, 0.25) is 5.95 Å². The van der Waals surface area contributed by atoms with Crippen molar-refractivity contribution in [3.05, 3.63) is 24.4 Å². The number of nitrogens with zero attached hydrogens (tertiary/aromatic N) is 4. The van der Waals surface area contributed by atoms with Crippen molar-refractivity contribution in [3.63, 3.8) is 0 Å². The molecule has 0 radical (unpaired) electrons. The molecule has 2 saturated heterocycles. The summed E-state index contributed by atoms with van der Waals surface area (Å²) in [6, 6.07) is 6.76. The van der Waals surface area contributed by atoms with Crippen LogP contribution in [0.5, 0.6) is 0 Å². The maximum atomic E-state index is 4.62. The standard InChI is InChI=1S/C15H21N5/c1-2-9-20-14(5-1)17-15(18-20)19-10-6-12(7-11-19)13-4-3-8-16-13/h1-2,5,9,12-13,16H,3-4,6-8,10-11H2. The Morgan fingerprint density at radius 3 is 2.80 bits per heavy atom.